The first-order valence-electron chi connectivity index (χ1n) is 3.92. The van der Waals surface area contributed by atoms with E-state index in [0.29, 0.717) is 12.1 Å². The number of rotatable bonds is 2. The van der Waals surface area contributed by atoms with Crippen LogP contribution in [0.2, 0.25) is 0 Å². The van der Waals surface area contributed by atoms with Crippen LogP contribution in [-0.2, 0) is 6.18 Å². The number of carbonyl (C=O) groups is 1. The van der Waals surface area contributed by atoms with Gasteiger partial charge < -0.3 is 4.74 Å². The van der Waals surface area contributed by atoms with E-state index in [0.717, 1.165) is 7.11 Å². The number of carbonyl (C=O) groups excluding carboxylic acids is 1. The van der Waals surface area contributed by atoms with Crippen molar-refractivity contribution in [3.05, 3.63) is 29.1 Å². The van der Waals surface area contributed by atoms with E-state index in [1.54, 1.807) is 0 Å². The van der Waals surface area contributed by atoms with Crippen molar-refractivity contribution in [2.24, 2.45) is 0 Å². The second kappa shape index (κ2) is 4.29. The molecule has 1 aromatic rings. The predicted octanol–water partition coefficient (Wildman–Crippen LogP) is 3.23. The van der Waals surface area contributed by atoms with Crippen LogP contribution in [0.25, 0.3) is 0 Å². The normalized spacial score (nSPS) is 11.4. The summed E-state index contributed by atoms with van der Waals surface area (Å²) in [5, 5.41) is -1.33. The number of alkyl halides is 3. The molecule has 0 spiro atoms. The van der Waals surface area contributed by atoms with Gasteiger partial charge in [0.25, 0.3) is 5.24 Å². The molecule has 0 unspecified atom stereocenters. The molecule has 0 N–H and O–H groups in total. The molecule has 0 saturated carbocycles. The van der Waals surface area contributed by atoms with Gasteiger partial charge >= 0.3 is 6.18 Å². The number of benzene rings is 1. The molecule has 2 nitrogen and oxygen atoms in total. The van der Waals surface area contributed by atoms with Crippen molar-refractivity contribution in [1.29, 1.82) is 0 Å². The predicted molar refractivity (Wildman–Crippen MR) is 48.1 cm³/mol. The maximum Gasteiger partial charge on any atom is 0.420 e. The third kappa shape index (κ3) is 2.27. The van der Waals surface area contributed by atoms with Crippen LogP contribution in [0.1, 0.15) is 15.9 Å². The lowest BCUT2D eigenvalue weighted by Gasteiger charge is -2.14. The molecule has 0 saturated heterocycles. The van der Waals surface area contributed by atoms with Gasteiger partial charge in [-0.25, -0.2) is 4.39 Å². The Hall–Kier alpha value is -1.30. The molecular weight excluding hydrogens is 252 g/mol. The van der Waals surface area contributed by atoms with Crippen molar-refractivity contribution in [2.45, 2.75) is 6.18 Å². The summed E-state index contributed by atoms with van der Waals surface area (Å²) in [6, 6.07) is 1.35. The molecule has 0 aliphatic heterocycles. The van der Waals surface area contributed by atoms with Gasteiger partial charge in [0.15, 0.2) is 11.6 Å². The molecule has 0 aliphatic rings. The Labute approximate surface area is 92.8 Å². The van der Waals surface area contributed by atoms with Crippen molar-refractivity contribution < 1.29 is 27.1 Å². The smallest absolute Gasteiger partial charge is 0.420 e. The zero-order valence-corrected chi connectivity index (χ0v) is 8.62. The lowest BCUT2D eigenvalue weighted by Crippen LogP contribution is -2.14. The molecule has 0 heterocycles. The molecule has 16 heavy (non-hydrogen) atoms. The largest absolute Gasteiger partial charge is 0.493 e. The van der Waals surface area contributed by atoms with E-state index in [-0.39, 0.29) is 0 Å². The first-order chi connectivity index (χ1) is 7.29. The maximum absolute atomic E-state index is 13.0. The van der Waals surface area contributed by atoms with E-state index in [9.17, 15) is 22.4 Å². The second-order valence-electron chi connectivity index (χ2n) is 2.77. The van der Waals surface area contributed by atoms with Crippen LogP contribution in [-0.4, -0.2) is 12.4 Å². The van der Waals surface area contributed by atoms with Gasteiger partial charge in [-0.3, -0.25) is 4.79 Å². The molecule has 0 atom stereocenters. The molecule has 0 fully saturated rings. The highest BCUT2D eigenvalue weighted by molar-refractivity contribution is 6.68. The highest BCUT2D eigenvalue weighted by Crippen LogP contribution is 2.40. The highest BCUT2D eigenvalue weighted by atomic mass is 35.5. The molecule has 0 aromatic heterocycles. The van der Waals surface area contributed by atoms with Crippen LogP contribution < -0.4 is 4.74 Å². The summed E-state index contributed by atoms with van der Waals surface area (Å²) in [6.45, 7) is 0. The number of ether oxygens (including phenoxy) is 1. The zero-order valence-electron chi connectivity index (χ0n) is 7.86. The molecule has 1 aromatic carbocycles. The number of hydrogen-bond donors (Lipinski definition) is 0. The minimum Gasteiger partial charge on any atom is -0.493 e. The molecular formula is C9H5ClF4O2. The van der Waals surface area contributed by atoms with E-state index in [4.69, 9.17) is 11.6 Å². The summed E-state index contributed by atoms with van der Waals surface area (Å²) in [7, 11) is 0.871. The molecule has 0 bridgehead atoms. The number of halogens is 5. The van der Waals surface area contributed by atoms with Gasteiger partial charge in [0.2, 0.25) is 0 Å². The standard InChI is InChI=1S/C9H5ClF4O2/c1-16-7-5(11)3-2-4(8(10)15)6(7)9(12,13)14/h2-3H,1H3. The lowest BCUT2D eigenvalue weighted by atomic mass is 10.1. The average Bonchev–Trinajstić information content (AvgIpc) is 2.15. The minimum absolute atomic E-state index is 0.663. The number of hydrogen-bond acceptors (Lipinski definition) is 2. The minimum atomic E-state index is -4.92. The van der Waals surface area contributed by atoms with E-state index >= 15 is 0 Å². The summed E-state index contributed by atoms with van der Waals surface area (Å²) >= 11 is 4.98. The Bertz CT molecular complexity index is 428. The summed E-state index contributed by atoms with van der Waals surface area (Å²) in [5.41, 5.74) is -2.34. The first-order valence-corrected chi connectivity index (χ1v) is 4.30. The first kappa shape index (κ1) is 12.8. The average molecular weight is 257 g/mol. The molecule has 7 heteroatoms. The summed E-state index contributed by atoms with van der Waals surface area (Å²) < 4.78 is 55.1. The Morgan fingerprint density at radius 3 is 2.31 bits per heavy atom. The van der Waals surface area contributed by atoms with Gasteiger partial charge in [0.05, 0.1) is 12.7 Å². The molecule has 88 valence electrons. The van der Waals surface area contributed by atoms with Crippen LogP contribution in [0, 0.1) is 5.82 Å². The Morgan fingerprint density at radius 2 is 1.94 bits per heavy atom. The summed E-state index contributed by atoms with van der Waals surface area (Å²) in [4.78, 5) is 10.8. The van der Waals surface area contributed by atoms with Gasteiger partial charge in [0, 0.05) is 0 Å². The quantitative estimate of drug-likeness (QED) is 0.600. The Kier molecular flexibility index (Phi) is 3.42. The monoisotopic (exact) mass is 256 g/mol. The zero-order chi connectivity index (χ0) is 12.5. The van der Waals surface area contributed by atoms with Gasteiger partial charge in [-0.1, -0.05) is 0 Å². The fourth-order valence-electron chi connectivity index (χ4n) is 1.20. The molecule has 0 aliphatic carbocycles. The van der Waals surface area contributed by atoms with Crippen LogP contribution in [0.4, 0.5) is 17.6 Å². The van der Waals surface area contributed by atoms with Crippen molar-refractivity contribution in [3.63, 3.8) is 0 Å². The number of methoxy groups -OCH3 is 1. The maximum atomic E-state index is 13.0. The van der Waals surface area contributed by atoms with Crippen molar-refractivity contribution in [1.82, 2.24) is 0 Å². The van der Waals surface area contributed by atoms with E-state index in [1.807, 2.05) is 0 Å². The Balaban J connectivity index is 3.61. The topological polar surface area (TPSA) is 26.3 Å². The lowest BCUT2D eigenvalue weighted by molar-refractivity contribution is -0.139. The highest BCUT2D eigenvalue weighted by Gasteiger charge is 2.39. The van der Waals surface area contributed by atoms with Crippen molar-refractivity contribution in [3.8, 4) is 5.75 Å². The Morgan fingerprint density at radius 1 is 1.38 bits per heavy atom. The van der Waals surface area contributed by atoms with Gasteiger partial charge in [0.1, 0.15) is 5.56 Å². The van der Waals surface area contributed by atoms with Crippen LogP contribution in [0.15, 0.2) is 12.1 Å². The molecule has 0 radical (unpaired) electrons. The van der Waals surface area contributed by atoms with Crippen LogP contribution in [0.3, 0.4) is 0 Å². The van der Waals surface area contributed by atoms with Gasteiger partial charge in [-0.05, 0) is 23.7 Å². The molecule has 0 amide bonds. The fourth-order valence-corrected chi connectivity index (χ4v) is 1.36. The van der Waals surface area contributed by atoms with Crippen LogP contribution >= 0.6 is 11.6 Å². The van der Waals surface area contributed by atoms with Gasteiger partial charge in [-0.15, -0.1) is 0 Å². The summed E-state index contributed by atoms with van der Waals surface area (Å²) in [5.74, 6) is -2.25. The fraction of sp³-hybridized carbons (Fsp3) is 0.222. The van der Waals surface area contributed by atoms with Crippen molar-refractivity contribution >= 4 is 16.8 Å². The van der Waals surface area contributed by atoms with E-state index in [2.05, 4.69) is 4.74 Å². The third-order valence-corrected chi connectivity index (χ3v) is 2.01. The van der Waals surface area contributed by atoms with E-state index in [1.165, 1.54) is 0 Å². The third-order valence-electron chi connectivity index (χ3n) is 1.81. The van der Waals surface area contributed by atoms with Crippen LogP contribution in [0.5, 0.6) is 5.75 Å². The second-order valence-corrected chi connectivity index (χ2v) is 3.12. The van der Waals surface area contributed by atoms with Gasteiger partial charge in [-0.2, -0.15) is 13.2 Å². The van der Waals surface area contributed by atoms with E-state index < -0.39 is 34.1 Å². The summed E-state index contributed by atoms with van der Waals surface area (Å²) in [6.07, 6.45) is -4.92. The SMILES string of the molecule is COc1c(F)ccc(C(=O)Cl)c1C(F)(F)F. The van der Waals surface area contributed by atoms with Crippen molar-refractivity contribution in [2.75, 3.05) is 7.11 Å². The molecule has 1 rings (SSSR count).